The average molecular weight is 1340 g/mol. The highest BCUT2D eigenvalue weighted by Gasteiger charge is 2.30. The van der Waals surface area contributed by atoms with Gasteiger partial charge in [-0.1, -0.05) is 285 Å². The minimum atomic E-state index is -4.96. The molecule has 0 heterocycles. The Morgan fingerprint density at radius 3 is 0.923 bits per heavy atom. The molecule has 3 N–H and O–H groups in total. The number of ether oxygens (including phenoxy) is 4. The first-order chi connectivity index (χ1) is 43.8. The van der Waals surface area contributed by atoms with Crippen molar-refractivity contribution in [3.8, 4) is 0 Å². The van der Waals surface area contributed by atoms with Crippen LogP contribution in [0.4, 0.5) is 0 Å². The van der Waals surface area contributed by atoms with E-state index in [1.54, 1.807) is 0 Å². The molecule has 0 aromatic heterocycles. The largest absolute Gasteiger partial charge is 0.472 e. The van der Waals surface area contributed by atoms with Gasteiger partial charge in [-0.15, -0.1) is 0 Å². The molecule has 0 amide bonds. The lowest BCUT2D eigenvalue weighted by atomic mass is 9.99. The molecule has 17 nitrogen and oxygen atoms in total. The minimum Gasteiger partial charge on any atom is -0.462 e. The van der Waals surface area contributed by atoms with Crippen LogP contribution in [0, 0.1) is 17.8 Å². The van der Waals surface area contributed by atoms with Crippen molar-refractivity contribution in [1.82, 2.24) is 0 Å². The van der Waals surface area contributed by atoms with E-state index >= 15 is 0 Å². The highest BCUT2D eigenvalue weighted by Crippen LogP contribution is 2.45. The Morgan fingerprint density at radius 1 is 0.352 bits per heavy atom. The number of unbranched alkanes of at least 4 members (excludes halogenated alkanes) is 30. The van der Waals surface area contributed by atoms with Crippen LogP contribution in [0.25, 0.3) is 0 Å². The Kier molecular flexibility index (Phi) is 60.7. The molecular formula is C72H136O17P2. The number of phosphoric acid groups is 2. The number of esters is 4. The van der Waals surface area contributed by atoms with Crippen LogP contribution in [0.5, 0.6) is 0 Å². The number of rotatable bonds is 68. The molecular weight excluding hydrogens is 1200 g/mol. The molecule has 0 aliphatic rings. The first kappa shape index (κ1) is 88.5. The summed E-state index contributed by atoms with van der Waals surface area (Å²) in [5.41, 5.74) is 0. The minimum absolute atomic E-state index is 0.0976. The summed E-state index contributed by atoms with van der Waals surface area (Å²) in [4.78, 5) is 72.6. The maximum atomic E-state index is 13.0. The number of hydrogen-bond acceptors (Lipinski definition) is 15. The Balaban J connectivity index is 5.30. The summed E-state index contributed by atoms with van der Waals surface area (Å²) in [5, 5.41) is 10.6. The van der Waals surface area contributed by atoms with Crippen molar-refractivity contribution in [3.63, 3.8) is 0 Å². The molecule has 8 atom stereocenters. The third kappa shape index (κ3) is 62.1. The first-order valence-electron chi connectivity index (χ1n) is 36.8. The first-order valence-corrected chi connectivity index (χ1v) is 39.8. The van der Waals surface area contributed by atoms with E-state index in [1.165, 1.54) is 122 Å². The summed E-state index contributed by atoms with van der Waals surface area (Å²) >= 11 is 0. The summed E-state index contributed by atoms with van der Waals surface area (Å²) in [6, 6.07) is 0. The van der Waals surface area contributed by atoms with E-state index in [9.17, 15) is 43.2 Å². The van der Waals surface area contributed by atoms with Gasteiger partial charge in [0.05, 0.1) is 26.4 Å². The fourth-order valence-electron chi connectivity index (χ4n) is 10.3. The molecule has 0 spiro atoms. The van der Waals surface area contributed by atoms with Gasteiger partial charge in [0, 0.05) is 25.7 Å². The quantitative estimate of drug-likeness (QED) is 0.0169. The Labute approximate surface area is 554 Å². The van der Waals surface area contributed by atoms with Crippen molar-refractivity contribution < 1.29 is 80.2 Å². The van der Waals surface area contributed by atoms with E-state index in [1.807, 2.05) is 0 Å². The number of aliphatic hydroxyl groups excluding tert-OH is 1. The van der Waals surface area contributed by atoms with Crippen molar-refractivity contribution in [3.05, 3.63) is 24.3 Å². The van der Waals surface area contributed by atoms with Gasteiger partial charge in [0.1, 0.15) is 19.3 Å². The molecule has 0 saturated carbocycles. The van der Waals surface area contributed by atoms with Gasteiger partial charge < -0.3 is 33.8 Å². The molecule has 0 saturated heterocycles. The Hall–Kier alpha value is -2.46. The van der Waals surface area contributed by atoms with Gasteiger partial charge in [0.25, 0.3) is 0 Å². The fourth-order valence-corrected chi connectivity index (χ4v) is 11.8. The van der Waals surface area contributed by atoms with Gasteiger partial charge in [-0.25, -0.2) is 9.13 Å². The fraction of sp³-hybridized carbons (Fsp3) is 0.889. The molecule has 0 rings (SSSR count). The summed E-state index contributed by atoms with van der Waals surface area (Å²) in [6.07, 6.45) is 49.3. The van der Waals surface area contributed by atoms with Crippen molar-refractivity contribution in [1.29, 1.82) is 0 Å². The van der Waals surface area contributed by atoms with Gasteiger partial charge in [0.15, 0.2) is 12.2 Å². The summed E-state index contributed by atoms with van der Waals surface area (Å²) in [7, 11) is -9.92. The molecule has 0 aliphatic carbocycles. The Morgan fingerprint density at radius 2 is 0.615 bits per heavy atom. The lowest BCUT2D eigenvalue weighted by Crippen LogP contribution is -2.30. The summed E-state index contributed by atoms with van der Waals surface area (Å²) in [5.74, 6) is 0.140. The molecule has 0 radical (unpaired) electrons. The normalized spacial score (nSPS) is 15.2. The smallest absolute Gasteiger partial charge is 0.462 e. The van der Waals surface area contributed by atoms with Crippen LogP contribution in [0.15, 0.2) is 24.3 Å². The number of carbonyl (C=O) groups is 4. The van der Waals surface area contributed by atoms with Gasteiger partial charge in [-0.2, -0.15) is 0 Å². The molecule has 19 heteroatoms. The monoisotopic (exact) mass is 1330 g/mol. The Bertz CT molecular complexity index is 1880. The zero-order valence-corrected chi connectivity index (χ0v) is 60.6. The van der Waals surface area contributed by atoms with Crippen LogP contribution in [-0.4, -0.2) is 96.7 Å². The van der Waals surface area contributed by atoms with Crippen LogP contribution in [0.2, 0.25) is 0 Å². The van der Waals surface area contributed by atoms with Crippen molar-refractivity contribution >= 4 is 39.5 Å². The van der Waals surface area contributed by atoms with Gasteiger partial charge in [0.2, 0.25) is 0 Å². The second-order valence-corrected chi connectivity index (χ2v) is 28.9. The van der Waals surface area contributed by atoms with E-state index in [2.05, 4.69) is 72.8 Å². The van der Waals surface area contributed by atoms with E-state index in [0.29, 0.717) is 25.7 Å². The van der Waals surface area contributed by atoms with Crippen LogP contribution >= 0.6 is 15.6 Å². The lowest BCUT2D eigenvalue weighted by molar-refractivity contribution is -0.161. The van der Waals surface area contributed by atoms with Gasteiger partial charge >= 0.3 is 39.5 Å². The van der Waals surface area contributed by atoms with Crippen molar-refractivity contribution in [2.75, 3.05) is 39.6 Å². The zero-order valence-electron chi connectivity index (χ0n) is 58.8. The summed E-state index contributed by atoms with van der Waals surface area (Å²) in [6.45, 7) is 11.8. The van der Waals surface area contributed by atoms with Crippen LogP contribution < -0.4 is 0 Å². The highest BCUT2D eigenvalue weighted by atomic mass is 31.2. The third-order valence-corrected chi connectivity index (χ3v) is 19.0. The summed E-state index contributed by atoms with van der Waals surface area (Å²) < 4.78 is 68.3. The lowest BCUT2D eigenvalue weighted by Gasteiger charge is -2.21. The van der Waals surface area contributed by atoms with Crippen molar-refractivity contribution in [2.45, 2.75) is 356 Å². The number of aliphatic hydroxyl groups is 1. The molecule has 0 bridgehead atoms. The van der Waals surface area contributed by atoms with Crippen molar-refractivity contribution in [2.24, 2.45) is 17.8 Å². The maximum absolute atomic E-state index is 13.0. The van der Waals surface area contributed by atoms with Crippen LogP contribution in [-0.2, 0) is 65.4 Å². The van der Waals surface area contributed by atoms with E-state index in [4.69, 9.17) is 37.0 Å². The van der Waals surface area contributed by atoms with E-state index in [0.717, 1.165) is 133 Å². The standard InChI is InChI=1S/C72H136O17P2/c1-8-12-13-14-15-16-17-18-19-20-21-25-31-39-46-53-69(74)82-59-67(89-72(77)56-49-42-33-28-27-30-37-44-51-64(6)10-3)61-86-90(78,79)84-57-66(73)58-85-91(80,81)87-62-68(60-83-70(75)54-47-40-35-34-38-45-52-65(7)11-4)88-71(76)55-48-41-32-26-23-22-24-29-36-43-50-63(5)9-2/h16-19,63-68,73H,8-15,20-62H2,1-7H3,(H,78,79)(H,80,81)/b17-16-,19-18-/t63?,64?,65?,66-,67-,68-/m1/s1. The number of allylic oxidation sites excluding steroid dienone is 4. The highest BCUT2D eigenvalue weighted by molar-refractivity contribution is 7.47. The second kappa shape index (κ2) is 62.4. The van der Waals surface area contributed by atoms with E-state index in [-0.39, 0.29) is 25.7 Å². The average Bonchev–Trinajstić information content (AvgIpc) is 2.56. The zero-order chi connectivity index (χ0) is 67.3. The topological polar surface area (TPSA) is 237 Å². The van der Waals surface area contributed by atoms with Crippen LogP contribution in [0.3, 0.4) is 0 Å². The molecule has 91 heavy (non-hydrogen) atoms. The molecule has 536 valence electrons. The molecule has 5 unspecified atom stereocenters. The van der Waals surface area contributed by atoms with E-state index < -0.39 is 97.5 Å². The molecule has 0 fully saturated rings. The predicted molar refractivity (Wildman–Crippen MR) is 367 cm³/mol. The molecule has 0 aromatic carbocycles. The SMILES string of the molecule is CCCCCC/C=C\C=C/CCCCCCCC(=O)OC[C@H](COP(=O)(O)OC[C@@H](O)COP(=O)(O)OC[C@@H](COC(=O)CCCCCCCCC(C)CC)OC(=O)CCCCCCCCCCCCC(C)CC)OC(=O)CCCCCCCCCCC(C)CC. The predicted octanol–water partition coefficient (Wildman–Crippen LogP) is 20.2. The second-order valence-electron chi connectivity index (χ2n) is 26.0. The molecule has 0 aromatic rings. The molecule has 0 aliphatic heterocycles. The number of hydrogen-bond donors (Lipinski definition) is 3. The van der Waals surface area contributed by atoms with Gasteiger partial charge in [-0.3, -0.25) is 37.3 Å². The number of phosphoric ester groups is 2. The van der Waals surface area contributed by atoms with Gasteiger partial charge in [-0.05, 0) is 69.1 Å². The number of carbonyl (C=O) groups excluding carboxylic acids is 4. The van der Waals surface area contributed by atoms with Crippen LogP contribution in [0.1, 0.15) is 337 Å². The third-order valence-electron chi connectivity index (χ3n) is 17.1. The maximum Gasteiger partial charge on any atom is 0.472 e.